The van der Waals surface area contributed by atoms with Gasteiger partial charge in [0.2, 0.25) is 0 Å². The maximum atomic E-state index is 13.5. The standard InChI is InChI=1S/C35H22O9/c36-25-14-4-1-11-22(25)33(39)42-28-17-7-9-20-19-21-10-8-18-29(43-34(40)23-12-2-5-15-26(23)37)31(21)32(30(20)28)44-35(41)24-13-3-6-16-27(24)38/h1-19,36-38H. The highest BCUT2D eigenvalue weighted by Gasteiger charge is 2.25. The fraction of sp³-hybridized carbons (Fsp3) is 0. The highest BCUT2D eigenvalue weighted by Crippen LogP contribution is 2.45. The van der Waals surface area contributed by atoms with Crippen LogP contribution in [0.15, 0.2) is 115 Å². The number of hydrogen-bond donors (Lipinski definition) is 3. The van der Waals surface area contributed by atoms with Crippen molar-refractivity contribution in [3.05, 3.63) is 132 Å². The summed E-state index contributed by atoms with van der Waals surface area (Å²) in [6.45, 7) is 0. The summed E-state index contributed by atoms with van der Waals surface area (Å²) >= 11 is 0. The molecule has 0 radical (unpaired) electrons. The van der Waals surface area contributed by atoms with Crippen molar-refractivity contribution in [1.29, 1.82) is 0 Å². The molecule has 216 valence electrons. The van der Waals surface area contributed by atoms with E-state index in [2.05, 4.69) is 0 Å². The average Bonchev–Trinajstić information content (AvgIpc) is 3.01. The molecule has 0 aliphatic rings. The van der Waals surface area contributed by atoms with Gasteiger partial charge in [-0.05, 0) is 65.4 Å². The molecular formula is C35H22O9. The van der Waals surface area contributed by atoms with E-state index < -0.39 is 17.9 Å². The Kier molecular flexibility index (Phi) is 7.26. The number of benzene rings is 6. The third-order valence-electron chi connectivity index (χ3n) is 6.85. The molecular weight excluding hydrogens is 564 g/mol. The third kappa shape index (κ3) is 5.21. The zero-order valence-corrected chi connectivity index (χ0v) is 22.8. The molecule has 0 aliphatic heterocycles. The molecule has 0 aromatic heterocycles. The van der Waals surface area contributed by atoms with Crippen molar-refractivity contribution in [2.24, 2.45) is 0 Å². The third-order valence-corrected chi connectivity index (χ3v) is 6.85. The molecule has 0 bridgehead atoms. The summed E-state index contributed by atoms with van der Waals surface area (Å²) in [7, 11) is 0. The summed E-state index contributed by atoms with van der Waals surface area (Å²) < 4.78 is 17.4. The number of carbonyl (C=O) groups excluding carboxylic acids is 3. The van der Waals surface area contributed by atoms with Gasteiger partial charge in [0.1, 0.15) is 45.4 Å². The number of esters is 3. The SMILES string of the molecule is O=C(Oc1cccc2cc3cccc(OC(=O)c4ccccc4O)c3c(OC(=O)c3ccccc3O)c12)c1ccccc1O. The number of rotatable bonds is 6. The van der Waals surface area contributed by atoms with E-state index in [1.165, 1.54) is 48.5 Å². The Morgan fingerprint density at radius 1 is 0.432 bits per heavy atom. The highest BCUT2D eigenvalue weighted by molar-refractivity contribution is 6.13. The minimum atomic E-state index is -0.930. The van der Waals surface area contributed by atoms with E-state index in [0.29, 0.717) is 10.8 Å². The Labute approximate surface area is 249 Å². The molecule has 0 unspecified atom stereocenters. The van der Waals surface area contributed by atoms with Crippen LogP contribution in [0.25, 0.3) is 21.5 Å². The van der Waals surface area contributed by atoms with Gasteiger partial charge in [-0.2, -0.15) is 0 Å². The van der Waals surface area contributed by atoms with Gasteiger partial charge in [0.05, 0.1) is 10.8 Å². The van der Waals surface area contributed by atoms with Crippen LogP contribution < -0.4 is 14.2 Å². The van der Waals surface area contributed by atoms with Crippen LogP contribution in [0.2, 0.25) is 0 Å². The molecule has 9 nitrogen and oxygen atoms in total. The first-order chi connectivity index (χ1) is 21.3. The second-order valence-corrected chi connectivity index (χ2v) is 9.63. The first-order valence-electron chi connectivity index (χ1n) is 13.3. The van der Waals surface area contributed by atoms with Crippen LogP contribution >= 0.6 is 0 Å². The van der Waals surface area contributed by atoms with E-state index in [-0.39, 0.29) is 62.0 Å². The van der Waals surface area contributed by atoms with Gasteiger partial charge in [-0.15, -0.1) is 0 Å². The maximum Gasteiger partial charge on any atom is 0.347 e. The molecule has 44 heavy (non-hydrogen) atoms. The number of para-hydroxylation sites is 3. The second kappa shape index (κ2) is 11.5. The Hall–Kier alpha value is -6.35. The summed E-state index contributed by atoms with van der Waals surface area (Å²) in [6, 6.07) is 29.0. The Morgan fingerprint density at radius 2 is 0.795 bits per heavy atom. The number of carbonyl (C=O) groups is 3. The fourth-order valence-corrected chi connectivity index (χ4v) is 4.78. The van der Waals surface area contributed by atoms with Gasteiger partial charge in [0.25, 0.3) is 0 Å². The molecule has 0 saturated heterocycles. The van der Waals surface area contributed by atoms with Crippen LogP contribution in [-0.4, -0.2) is 33.2 Å². The van der Waals surface area contributed by atoms with E-state index >= 15 is 0 Å². The van der Waals surface area contributed by atoms with Crippen molar-refractivity contribution < 1.29 is 43.9 Å². The van der Waals surface area contributed by atoms with E-state index in [4.69, 9.17) is 14.2 Å². The molecule has 0 spiro atoms. The molecule has 0 amide bonds. The van der Waals surface area contributed by atoms with Crippen molar-refractivity contribution in [2.45, 2.75) is 0 Å². The number of fused-ring (bicyclic) bond motifs is 2. The van der Waals surface area contributed by atoms with E-state index in [9.17, 15) is 29.7 Å². The lowest BCUT2D eigenvalue weighted by molar-refractivity contribution is 0.0724. The number of aromatic hydroxyl groups is 3. The quantitative estimate of drug-likeness (QED) is 0.110. The summed E-state index contributed by atoms with van der Waals surface area (Å²) in [4.78, 5) is 39.7. The molecule has 0 heterocycles. The summed E-state index contributed by atoms with van der Waals surface area (Å²) in [5, 5.41) is 32.1. The molecule has 0 aliphatic carbocycles. The molecule has 6 rings (SSSR count). The molecule has 6 aromatic rings. The number of phenolic OH excluding ortho intramolecular Hbond substituents is 3. The smallest absolute Gasteiger partial charge is 0.347 e. The molecule has 0 fully saturated rings. The molecule has 6 aromatic carbocycles. The molecule has 3 N–H and O–H groups in total. The first kappa shape index (κ1) is 27.8. The Balaban J connectivity index is 1.56. The van der Waals surface area contributed by atoms with Crippen LogP contribution in [0.4, 0.5) is 0 Å². The number of ether oxygens (including phenoxy) is 3. The van der Waals surface area contributed by atoms with E-state index in [1.807, 2.05) is 0 Å². The van der Waals surface area contributed by atoms with Crippen LogP contribution in [-0.2, 0) is 0 Å². The first-order valence-corrected chi connectivity index (χ1v) is 13.3. The van der Waals surface area contributed by atoms with Crippen molar-refractivity contribution >= 4 is 39.5 Å². The van der Waals surface area contributed by atoms with Crippen LogP contribution in [0.5, 0.6) is 34.5 Å². The van der Waals surface area contributed by atoms with Gasteiger partial charge in [0.15, 0.2) is 5.75 Å². The van der Waals surface area contributed by atoms with Gasteiger partial charge in [0, 0.05) is 0 Å². The van der Waals surface area contributed by atoms with Crippen molar-refractivity contribution in [3.8, 4) is 34.5 Å². The lowest BCUT2D eigenvalue weighted by Crippen LogP contribution is -2.12. The van der Waals surface area contributed by atoms with Gasteiger partial charge >= 0.3 is 17.9 Å². The largest absolute Gasteiger partial charge is 0.507 e. The predicted octanol–water partition coefficient (Wildman–Crippen LogP) is 6.77. The highest BCUT2D eigenvalue weighted by atomic mass is 16.6. The topological polar surface area (TPSA) is 140 Å². The second-order valence-electron chi connectivity index (χ2n) is 9.63. The Morgan fingerprint density at radius 3 is 1.18 bits per heavy atom. The predicted molar refractivity (Wildman–Crippen MR) is 161 cm³/mol. The van der Waals surface area contributed by atoms with Crippen molar-refractivity contribution in [1.82, 2.24) is 0 Å². The average molecular weight is 587 g/mol. The van der Waals surface area contributed by atoms with Crippen molar-refractivity contribution in [3.63, 3.8) is 0 Å². The summed E-state index contributed by atoms with van der Waals surface area (Å²) in [5.41, 5.74) is -0.310. The summed E-state index contributed by atoms with van der Waals surface area (Å²) in [5.74, 6) is -3.70. The van der Waals surface area contributed by atoms with Crippen molar-refractivity contribution in [2.75, 3.05) is 0 Å². The monoisotopic (exact) mass is 586 g/mol. The van der Waals surface area contributed by atoms with Crippen LogP contribution in [0.1, 0.15) is 31.1 Å². The summed E-state index contributed by atoms with van der Waals surface area (Å²) in [6.07, 6.45) is 0. The zero-order chi connectivity index (χ0) is 30.8. The zero-order valence-electron chi connectivity index (χ0n) is 22.8. The molecule has 9 heteroatoms. The minimum absolute atomic E-state index is 0.0143. The van der Waals surface area contributed by atoms with Gasteiger partial charge in [-0.3, -0.25) is 0 Å². The molecule has 0 saturated carbocycles. The normalized spacial score (nSPS) is 10.8. The lowest BCUT2D eigenvalue weighted by Gasteiger charge is -2.17. The van der Waals surface area contributed by atoms with Gasteiger partial charge < -0.3 is 29.5 Å². The van der Waals surface area contributed by atoms with E-state index in [1.54, 1.807) is 66.7 Å². The molecule has 0 atom stereocenters. The lowest BCUT2D eigenvalue weighted by atomic mass is 10.0. The number of hydrogen-bond acceptors (Lipinski definition) is 9. The van der Waals surface area contributed by atoms with Gasteiger partial charge in [-0.25, -0.2) is 14.4 Å². The van der Waals surface area contributed by atoms with Crippen LogP contribution in [0, 0.1) is 0 Å². The fourth-order valence-electron chi connectivity index (χ4n) is 4.78. The Bertz CT molecular complexity index is 1980. The van der Waals surface area contributed by atoms with Gasteiger partial charge in [-0.1, -0.05) is 60.7 Å². The maximum absolute atomic E-state index is 13.5. The van der Waals surface area contributed by atoms with Crippen LogP contribution in [0.3, 0.4) is 0 Å². The number of phenols is 3. The minimum Gasteiger partial charge on any atom is -0.507 e. The van der Waals surface area contributed by atoms with E-state index in [0.717, 1.165) is 0 Å².